The number of hydrogen-bond acceptors (Lipinski definition) is 10. The van der Waals surface area contributed by atoms with Crippen molar-refractivity contribution in [2.45, 2.75) is 49.8 Å². The van der Waals surface area contributed by atoms with Crippen molar-refractivity contribution in [1.82, 2.24) is 9.62 Å². The molecule has 15 heteroatoms. The molecule has 2 atom stereocenters. The van der Waals surface area contributed by atoms with E-state index in [2.05, 4.69) is 9.46 Å². The summed E-state index contributed by atoms with van der Waals surface area (Å²) in [5.74, 6) is -0.793. The monoisotopic (exact) mass is 474 g/mol. The number of esters is 1. The van der Waals surface area contributed by atoms with Crippen LogP contribution in [0.2, 0.25) is 0 Å². The number of benzene rings is 1. The molecule has 2 rings (SSSR count). The van der Waals surface area contributed by atoms with E-state index in [1.54, 1.807) is 20.8 Å². The van der Waals surface area contributed by atoms with Crippen LogP contribution in [-0.2, 0) is 24.3 Å². The number of carbonyl (C=O) groups excluding carboxylic acids is 2. The average molecular weight is 474 g/mol. The molecule has 0 bridgehead atoms. The molecular weight excluding hydrogens is 452 g/mol. The zero-order valence-corrected chi connectivity index (χ0v) is 18.4. The van der Waals surface area contributed by atoms with E-state index in [1.807, 2.05) is 0 Å². The van der Waals surface area contributed by atoms with E-state index in [9.17, 15) is 38.2 Å². The van der Waals surface area contributed by atoms with Crippen molar-refractivity contribution in [3.8, 4) is 0 Å². The third kappa shape index (κ3) is 5.67. The number of carbonyl (C=O) groups is 2. The van der Waals surface area contributed by atoms with E-state index < -0.39 is 65.9 Å². The fourth-order valence-electron chi connectivity index (χ4n) is 3.08. The number of nitro groups is 2. The van der Waals surface area contributed by atoms with Crippen molar-refractivity contribution < 1.29 is 37.3 Å². The SMILES string of the molecule is COC(=O)[C@@H]1C[C@H](NS(=O)(=O)c2ccc([N+](=O)[O-])cc2[N+](=O)[O-])CN1C(=O)OC(C)(C)C. The van der Waals surface area contributed by atoms with Crippen LogP contribution in [0.4, 0.5) is 16.2 Å². The summed E-state index contributed by atoms with van der Waals surface area (Å²) in [6.45, 7) is 4.57. The summed E-state index contributed by atoms with van der Waals surface area (Å²) in [5.41, 5.74) is -2.52. The topological polar surface area (TPSA) is 188 Å². The minimum atomic E-state index is -4.55. The Balaban J connectivity index is 2.33. The molecule has 32 heavy (non-hydrogen) atoms. The molecule has 1 amide bonds. The third-order valence-corrected chi connectivity index (χ3v) is 5.93. The number of methoxy groups -OCH3 is 1. The van der Waals surface area contributed by atoms with Crippen molar-refractivity contribution in [2.24, 2.45) is 0 Å². The highest BCUT2D eigenvalue weighted by Gasteiger charge is 2.44. The van der Waals surface area contributed by atoms with Gasteiger partial charge in [-0.2, -0.15) is 0 Å². The average Bonchev–Trinajstić information content (AvgIpc) is 3.08. The van der Waals surface area contributed by atoms with Gasteiger partial charge in [0.05, 0.1) is 23.0 Å². The molecule has 0 aliphatic carbocycles. The number of hydrogen-bond donors (Lipinski definition) is 1. The number of rotatable bonds is 6. The molecule has 1 aromatic carbocycles. The first-order chi connectivity index (χ1) is 14.7. The molecule has 0 radical (unpaired) electrons. The number of amides is 1. The Morgan fingerprint density at radius 2 is 1.81 bits per heavy atom. The molecule has 1 aliphatic heterocycles. The lowest BCUT2D eigenvalue weighted by Crippen LogP contribution is -2.44. The minimum absolute atomic E-state index is 0.175. The van der Waals surface area contributed by atoms with Gasteiger partial charge in [0.2, 0.25) is 10.0 Å². The second kappa shape index (κ2) is 9.04. The van der Waals surface area contributed by atoms with Crippen molar-refractivity contribution in [1.29, 1.82) is 0 Å². The van der Waals surface area contributed by atoms with Gasteiger partial charge >= 0.3 is 12.1 Å². The van der Waals surface area contributed by atoms with Crippen molar-refractivity contribution >= 4 is 33.5 Å². The van der Waals surface area contributed by atoms with Gasteiger partial charge in [0.15, 0.2) is 4.90 Å². The largest absolute Gasteiger partial charge is 0.467 e. The minimum Gasteiger partial charge on any atom is -0.467 e. The number of non-ortho nitro benzene ring substituents is 1. The van der Waals surface area contributed by atoms with E-state index in [4.69, 9.17) is 4.74 Å². The molecule has 0 unspecified atom stereocenters. The maximum absolute atomic E-state index is 12.8. The van der Waals surface area contributed by atoms with Crippen LogP contribution in [0.3, 0.4) is 0 Å². The normalized spacial score (nSPS) is 18.8. The van der Waals surface area contributed by atoms with Gasteiger partial charge < -0.3 is 9.47 Å². The van der Waals surface area contributed by atoms with Crippen LogP contribution in [0.15, 0.2) is 23.1 Å². The van der Waals surface area contributed by atoms with Crippen LogP contribution in [0.1, 0.15) is 27.2 Å². The molecule has 1 aromatic rings. The number of nitrogens with zero attached hydrogens (tertiary/aromatic N) is 3. The summed E-state index contributed by atoms with van der Waals surface area (Å²) in [6, 6.07) is -0.0499. The maximum atomic E-state index is 12.8. The highest BCUT2D eigenvalue weighted by Crippen LogP contribution is 2.30. The predicted molar refractivity (Wildman–Crippen MR) is 107 cm³/mol. The van der Waals surface area contributed by atoms with Crippen LogP contribution < -0.4 is 4.72 Å². The Bertz CT molecular complexity index is 1050. The van der Waals surface area contributed by atoms with Gasteiger partial charge in [-0.15, -0.1) is 0 Å². The zero-order chi connectivity index (χ0) is 24.4. The Morgan fingerprint density at radius 1 is 1.19 bits per heavy atom. The van der Waals surface area contributed by atoms with Gasteiger partial charge in [0, 0.05) is 18.7 Å². The summed E-state index contributed by atoms with van der Waals surface area (Å²) in [6.07, 6.45) is -1.04. The van der Waals surface area contributed by atoms with Crippen LogP contribution >= 0.6 is 0 Å². The number of nitro benzene ring substituents is 2. The lowest BCUT2D eigenvalue weighted by molar-refractivity contribution is -0.396. The van der Waals surface area contributed by atoms with Gasteiger partial charge in [-0.25, -0.2) is 22.7 Å². The van der Waals surface area contributed by atoms with Gasteiger partial charge in [-0.05, 0) is 33.3 Å². The van der Waals surface area contributed by atoms with E-state index in [-0.39, 0.29) is 13.0 Å². The van der Waals surface area contributed by atoms with E-state index in [1.165, 1.54) is 0 Å². The van der Waals surface area contributed by atoms with Gasteiger partial charge in [0.1, 0.15) is 11.6 Å². The van der Waals surface area contributed by atoms with Crippen LogP contribution in [0.5, 0.6) is 0 Å². The molecule has 176 valence electrons. The molecule has 0 aromatic heterocycles. The van der Waals surface area contributed by atoms with Crippen LogP contribution in [0, 0.1) is 20.2 Å². The van der Waals surface area contributed by atoms with Gasteiger partial charge in [-0.3, -0.25) is 25.1 Å². The number of likely N-dealkylation sites (tertiary alicyclic amines) is 1. The van der Waals surface area contributed by atoms with E-state index in [0.29, 0.717) is 6.07 Å². The second-order valence-electron chi connectivity index (χ2n) is 7.89. The first-order valence-electron chi connectivity index (χ1n) is 9.19. The Kier molecular flexibility index (Phi) is 7.04. The number of nitrogens with one attached hydrogen (secondary N) is 1. The standard InChI is InChI=1S/C17H22N4O10S/c1-17(2,3)31-16(23)19-9-10(7-13(19)15(22)30-4)18-32(28,29)14-6-5-11(20(24)25)8-12(14)21(26)27/h5-6,8,10,13,18H,7,9H2,1-4H3/t10-,13-/m0/s1. The predicted octanol–water partition coefficient (Wildman–Crippen LogP) is 1.33. The zero-order valence-electron chi connectivity index (χ0n) is 17.6. The van der Waals surface area contributed by atoms with Crippen LogP contribution in [0.25, 0.3) is 0 Å². The fourth-order valence-corrected chi connectivity index (χ4v) is 4.47. The Morgan fingerprint density at radius 3 is 2.31 bits per heavy atom. The third-order valence-electron chi connectivity index (χ3n) is 4.36. The lowest BCUT2D eigenvalue weighted by atomic mass is 10.2. The molecule has 1 heterocycles. The van der Waals surface area contributed by atoms with Crippen molar-refractivity contribution in [3.63, 3.8) is 0 Å². The Labute approximate surface area is 182 Å². The molecule has 1 N–H and O–H groups in total. The Hall–Kier alpha value is -3.33. The first-order valence-corrected chi connectivity index (χ1v) is 10.7. The highest BCUT2D eigenvalue weighted by atomic mass is 32.2. The summed E-state index contributed by atoms with van der Waals surface area (Å²) in [7, 11) is -3.44. The fraction of sp³-hybridized carbons (Fsp3) is 0.529. The maximum Gasteiger partial charge on any atom is 0.411 e. The van der Waals surface area contributed by atoms with E-state index >= 15 is 0 Å². The molecule has 1 aliphatic rings. The highest BCUT2D eigenvalue weighted by molar-refractivity contribution is 7.89. The molecule has 0 spiro atoms. The smallest absolute Gasteiger partial charge is 0.411 e. The van der Waals surface area contributed by atoms with Gasteiger partial charge in [0.25, 0.3) is 11.4 Å². The summed E-state index contributed by atoms with van der Waals surface area (Å²) in [4.78, 5) is 45.0. The summed E-state index contributed by atoms with van der Waals surface area (Å²) in [5, 5.41) is 22.2. The number of sulfonamides is 1. The first kappa shape index (κ1) is 24.9. The summed E-state index contributed by atoms with van der Waals surface area (Å²) >= 11 is 0. The second-order valence-corrected chi connectivity index (χ2v) is 9.57. The quantitative estimate of drug-likeness (QED) is 0.358. The van der Waals surface area contributed by atoms with E-state index in [0.717, 1.165) is 24.1 Å². The van der Waals surface area contributed by atoms with Gasteiger partial charge in [-0.1, -0.05) is 0 Å². The molecular formula is C17H22N4O10S. The van der Waals surface area contributed by atoms with Crippen molar-refractivity contribution in [3.05, 3.63) is 38.4 Å². The van der Waals surface area contributed by atoms with Crippen molar-refractivity contribution in [2.75, 3.05) is 13.7 Å². The molecule has 1 fully saturated rings. The molecule has 1 saturated heterocycles. The molecule has 0 saturated carbocycles. The molecule has 14 nitrogen and oxygen atoms in total. The van der Waals surface area contributed by atoms with Crippen LogP contribution in [-0.4, -0.2) is 66.6 Å². The number of ether oxygens (including phenoxy) is 2. The summed E-state index contributed by atoms with van der Waals surface area (Å²) < 4.78 is 37.8. The lowest BCUT2D eigenvalue weighted by Gasteiger charge is -2.27.